The number of nitrogens with one attached hydrogen (secondary N) is 1. The lowest BCUT2D eigenvalue weighted by atomic mass is 10.1. The Hall–Kier alpha value is -3.21. The smallest absolute Gasteiger partial charge is 0.320 e. The molecular formula is C23H16Cl2F3N3O. The van der Waals surface area contributed by atoms with Crippen LogP contribution in [0.2, 0.25) is 10.0 Å². The van der Waals surface area contributed by atoms with Crippen LogP contribution in [0, 0.1) is 25.2 Å². The molecule has 0 atom stereocenters. The van der Waals surface area contributed by atoms with Crippen LogP contribution in [0.5, 0.6) is 0 Å². The second kappa shape index (κ2) is 9.11. The van der Waals surface area contributed by atoms with E-state index in [1.54, 1.807) is 30.3 Å². The van der Waals surface area contributed by atoms with E-state index in [4.69, 9.17) is 23.2 Å². The fraction of sp³-hybridized carbons (Fsp3) is 0.130. The summed E-state index contributed by atoms with van der Waals surface area (Å²) in [4.78, 5) is 12.6. The minimum atomic E-state index is -4.60. The van der Waals surface area contributed by atoms with Crippen LogP contribution in [-0.2, 0) is 11.0 Å². The van der Waals surface area contributed by atoms with Crippen molar-refractivity contribution in [3.8, 4) is 11.8 Å². The highest BCUT2D eigenvalue weighted by Crippen LogP contribution is 2.34. The largest absolute Gasteiger partial charge is 0.416 e. The van der Waals surface area contributed by atoms with E-state index in [1.165, 1.54) is 6.08 Å². The third-order valence-electron chi connectivity index (χ3n) is 4.74. The highest BCUT2D eigenvalue weighted by Gasteiger charge is 2.31. The Morgan fingerprint density at radius 2 is 1.84 bits per heavy atom. The van der Waals surface area contributed by atoms with Crippen LogP contribution in [0.4, 0.5) is 18.9 Å². The molecule has 1 N–H and O–H groups in total. The van der Waals surface area contributed by atoms with Crippen molar-refractivity contribution in [1.29, 1.82) is 5.26 Å². The monoisotopic (exact) mass is 477 g/mol. The molecule has 4 nitrogen and oxygen atoms in total. The summed E-state index contributed by atoms with van der Waals surface area (Å²) in [5.41, 5.74) is 1.51. The Labute approximate surface area is 192 Å². The van der Waals surface area contributed by atoms with Crippen LogP contribution in [0.25, 0.3) is 11.8 Å². The van der Waals surface area contributed by atoms with Crippen molar-refractivity contribution in [2.24, 2.45) is 0 Å². The number of carbonyl (C=O) groups is 1. The summed E-state index contributed by atoms with van der Waals surface area (Å²) in [6, 6.07) is 13.4. The molecule has 3 aromatic rings. The van der Waals surface area contributed by atoms with Gasteiger partial charge in [-0.1, -0.05) is 29.3 Å². The first-order chi connectivity index (χ1) is 15.0. The van der Waals surface area contributed by atoms with Gasteiger partial charge in [0.25, 0.3) is 5.91 Å². The maximum Gasteiger partial charge on any atom is 0.416 e. The van der Waals surface area contributed by atoms with E-state index in [2.05, 4.69) is 5.32 Å². The number of aryl methyl sites for hydroxylation is 1. The summed E-state index contributed by atoms with van der Waals surface area (Å²) in [6.45, 7) is 3.68. The molecule has 0 radical (unpaired) electrons. The molecule has 0 aliphatic heterocycles. The molecule has 0 aliphatic rings. The zero-order valence-electron chi connectivity index (χ0n) is 16.9. The number of hydrogen-bond donors (Lipinski definition) is 1. The quantitative estimate of drug-likeness (QED) is 0.325. The summed E-state index contributed by atoms with van der Waals surface area (Å²) in [5, 5.41) is 12.3. The lowest BCUT2D eigenvalue weighted by Crippen LogP contribution is -2.15. The predicted molar refractivity (Wildman–Crippen MR) is 119 cm³/mol. The number of alkyl halides is 3. The van der Waals surface area contributed by atoms with E-state index in [1.807, 2.05) is 24.5 Å². The van der Waals surface area contributed by atoms with E-state index in [0.717, 1.165) is 35.3 Å². The van der Waals surface area contributed by atoms with Crippen LogP contribution in [0.1, 0.15) is 22.5 Å². The van der Waals surface area contributed by atoms with Gasteiger partial charge in [0.2, 0.25) is 0 Å². The second-order valence-electron chi connectivity index (χ2n) is 6.96. The van der Waals surface area contributed by atoms with Gasteiger partial charge in [-0.25, -0.2) is 0 Å². The first-order valence-corrected chi connectivity index (χ1v) is 10.0. The number of aromatic nitrogens is 1. The Balaban J connectivity index is 1.95. The molecule has 1 amide bonds. The molecule has 2 aromatic carbocycles. The van der Waals surface area contributed by atoms with E-state index >= 15 is 0 Å². The van der Waals surface area contributed by atoms with E-state index in [-0.39, 0.29) is 16.3 Å². The molecule has 0 fully saturated rings. The minimum Gasteiger partial charge on any atom is -0.320 e. The minimum absolute atomic E-state index is 0.0808. The van der Waals surface area contributed by atoms with Crippen LogP contribution in [0.15, 0.2) is 54.1 Å². The van der Waals surface area contributed by atoms with Crippen molar-refractivity contribution in [3.05, 3.63) is 86.7 Å². The SMILES string of the molecule is Cc1cc(/C=C(\C#N)C(=O)Nc2cc(C(F)(F)F)ccc2Cl)c(C)n1-c1cccc(Cl)c1. The number of hydrogen-bond acceptors (Lipinski definition) is 2. The van der Waals surface area contributed by atoms with Crippen molar-refractivity contribution >= 4 is 40.9 Å². The first kappa shape index (κ1) is 23.5. The normalized spacial score (nSPS) is 11.9. The maximum absolute atomic E-state index is 13.0. The Morgan fingerprint density at radius 3 is 2.47 bits per heavy atom. The highest BCUT2D eigenvalue weighted by molar-refractivity contribution is 6.34. The summed E-state index contributed by atoms with van der Waals surface area (Å²) in [5.74, 6) is -0.874. The number of benzene rings is 2. The van der Waals surface area contributed by atoms with Crippen molar-refractivity contribution in [2.45, 2.75) is 20.0 Å². The molecule has 3 rings (SSSR count). The summed E-state index contributed by atoms with van der Waals surface area (Å²) >= 11 is 12.0. The third-order valence-corrected chi connectivity index (χ3v) is 5.31. The molecule has 32 heavy (non-hydrogen) atoms. The van der Waals surface area contributed by atoms with Crippen molar-refractivity contribution in [3.63, 3.8) is 0 Å². The van der Waals surface area contributed by atoms with E-state index in [0.29, 0.717) is 10.6 Å². The summed E-state index contributed by atoms with van der Waals surface area (Å²) in [7, 11) is 0. The van der Waals surface area contributed by atoms with Gasteiger partial charge in [0, 0.05) is 22.1 Å². The number of carbonyl (C=O) groups excluding carboxylic acids is 1. The number of nitrogens with zero attached hydrogens (tertiary/aromatic N) is 2. The zero-order valence-corrected chi connectivity index (χ0v) is 18.4. The van der Waals surface area contributed by atoms with Gasteiger partial charge < -0.3 is 9.88 Å². The number of anilines is 1. The molecule has 1 aromatic heterocycles. The van der Waals surface area contributed by atoms with Gasteiger partial charge >= 0.3 is 6.18 Å². The van der Waals surface area contributed by atoms with Crippen LogP contribution in [0.3, 0.4) is 0 Å². The molecule has 164 valence electrons. The fourth-order valence-electron chi connectivity index (χ4n) is 3.24. The van der Waals surface area contributed by atoms with Crippen molar-refractivity contribution in [1.82, 2.24) is 4.57 Å². The molecule has 0 aliphatic carbocycles. The van der Waals surface area contributed by atoms with Crippen molar-refractivity contribution < 1.29 is 18.0 Å². The molecule has 0 bridgehead atoms. The molecule has 0 spiro atoms. The van der Waals surface area contributed by atoms with Gasteiger partial charge in [-0.15, -0.1) is 0 Å². The van der Waals surface area contributed by atoms with Crippen LogP contribution in [-0.4, -0.2) is 10.5 Å². The number of amides is 1. The lowest BCUT2D eigenvalue weighted by Gasteiger charge is -2.11. The van der Waals surface area contributed by atoms with Gasteiger partial charge in [-0.2, -0.15) is 18.4 Å². The summed E-state index contributed by atoms with van der Waals surface area (Å²) in [6.07, 6.45) is -3.23. The fourth-order valence-corrected chi connectivity index (χ4v) is 3.59. The number of nitriles is 1. The van der Waals surface area contributed by atoms with Gasteiger partial charge in [0.15, 0.2) is 0 Å². The Morgan fingerprint density at radius 1 is 1.12 bits per heavy atom. The topological polar surface area (TPSA) is 57.8 Å². The zero-order chi connectivity index (χ0) is 23.6. The van der Waals surface area contributed by atoms with E-state index in [9.17, 15) is 23.2 Å². The Kier molecular flexibility index (Phi) is 6.68. The number of halogens is 5. The third kappa shape index (κ3) is 4.98. The highest BCUT2D eigenvalue weighted by atomic mass is 35.5. The molecule has 9 heteroatoms. The standard InChI is InChI=1S/C23H16Cl2F3N3O/c1-13-8-15(14(2)31(13)19-5-3-4-18(24)11-19)9-16(12-29)22(32)30-21-10-17(23(26,27)28)6-7-20(21)25/h3-11H,1-2H3,(H,30,32)/b16-9+. The molecule has 0 saturated heterocycles. The second-order valence-corrected chi connectivity index (χ2v) is 7.80. The van der Waals surface area contributed by atoms with Gasteiger partial charge in [0.1, 0.15) is 11.6 Å². The predicted octanol–water partition coefficient (Wildman–Crippen LogP) is 6.97. The Bertz CT molecular complexity index is 1270. The number of rotatable bonds is 4. The maximum atomic E-state index is 13.0. The molecule has 1 heterocycles. The average molecular weight is 478 g/mol. The van der Waals surface area contributed by atoms with Gasteiger partial charge in [-0.05, 0) is 68.0 Å². The van der Waals surface area contributed by atoms with Crippen LogP contribution >= 0.6 is 23.2 Å². The van der Waals surface area contributed by atoms with Crippen LogP contribution < -0.4 is 5.32 Å². The molecule has 0 unspecified atom stereocenters. The van der Waals surface area contributed by atoms with Gasteiger partial charge in [0.05, 0.1) is 16.3 Å². The average Bonchev–Trinajstić information content (AvgIpc) is 2.99. The molecule has 0 saturated carbocycles. The first-order valence-electron chi connectivity index (χ1n) is 9.26. The van der Waals surface area contributed by atoms with Gasteiger partial charge in [-0.3, -0.25) is 4.79 Å². The van der Waals surface area contributed by atoms with E-state index < -0.39 is 17.6 Å². The lowest BCUT2D eigenvalue weighted by molar-refractivity contribution is -0.137. The van der Waals surface area contributed by atoms with Crippen molar-refractivity contribution in [2.75, 3.05) is 5.32 Å². The summed E-state index contributed by atoms with van der Waals surface area (Å²) < 4.78 is 40.8. The molecular weight excluding hydrogens is 462 g/mol.